The molecule has 0 atom stereocenters. The van der Waals surface area contributed by atoms with Gasteiger partial charge in [-0.15, -0.1) is 0 Å². The van der Waals surface area contributed by atoms with Crippen molar-refractivity contribution in [3.05, 3.63) is 19.1 Å². The average Bonchev–Trinajstić information content (AvgIpc) is 2.60. The van der Waals surface area contributed by atoms with E-state index in [2.05, 4.69) is 13.0 Å². The van der Waals surface area contributed by atoms with E-state index in [-0.39, 0.29) is 0 Å². The molecule has 0 spiro atoms. The second-order valence-electron chi connectivity index (χ2n) is 7.58. The molecule has 0 nitrogen and oxygen atoms in total. The zero-order valence-electron chi connectivity index (χ0n) is 16.9. The molecule has 0 aromatic heterocycles. The van der Waals surface area contributed by atoms with Gasteiger partial charge in [0, 0.05) is 0 Å². The maximum absolute atomic E-state index is 5.33. The van der Waals surface area contributed by atoms with Crippen molar-refractivity contribution in [3.8, 4) is 0 Å². The lowest BCUT2D eigenvalue weighted by Crippen LogP contribution is -1.84. The molecular weight excluding hydrogens is 288 g/mol. The Morgan fingerprint density at radius 2 is 0.750 bits per heavy atom. The Hall–Kier alpha value is -0.260. The molecule has 0 fully saturated rings. The van der Waals surface area contributed by atoms with E-state index in [4.69, 9.17) is 6.92 Å². The van der Waals surface area contributed by atoms with E-state index in [1.165, 1.54) is 122 Å². The highest BCUT2D eigenvalue weighted by molar-refractivity contribution is 4.83. The summed E-state index contributed by atoms with van der Waals surface area (Å²) in [5.74, 6) is 0. The fourth-order valence-electron chi connectivity index (χ4n) is 3.44. The summed E-state index contributed by atoms with van der Waals surface area (Å²) in [5, 5.41) is 0. The molecule has 0 amide bonds. The molecule has 0 saturated heterocycles. The summed E-state index contributed by atoms with van der Waals surface area (Å²) < 4.78 is 0. The molecule has 0 aromatic rings. The SMILES string of the molecule is [CH]/C=C/CCCCCCCCCCCCCCCCCCCCC. The van der Waals surface area contributed by atoms with Gasteiger partial charge < -0.3 is 0 Å². The van der Waals surface area contributed by atoms with Gasteiger partial charge in [0.25, 0.3) is 0 Å². The standard InChI is InChI=1S/C24H46/c1-3-5-7-9-11-13-15-17-19-21-23-24-22-20-18-16-14-12-10-8-6-4-2/h1,3,5H,4,6-24H2,2H3/b5-3+. The Labute approximate surface area is 154 Å². The largest absolute Gasteiger partial charge is 0.0882 e. The molecule has 0 unspecified atom stereocenters. The van der Waals surface area contributed by atoms with Crippen molar-refractivity contribution in [1.82, 2.24) is 0 Å². The zero-order valence-corrected chi connectivity index (χ0v) is 16.9. The van der Waals surface area contributed by atoms with Crippen LogP contribution in [0.5, 0.6) is 0 Å². The van der Waals surface area contributed by atoms with Crippen molar-refractivity contribution in [2.24, 2.45) is 0 Å². The highest BCUT2D eigenvalue weighted by atomic mass is 14.0. The van der Waals surface area contributed by atoms with Crippen LogP contribution in [-0.4, -0.2) is 0 Å². The van der Waals surface area contributed by atoms with E-state index in [9.17, 15) is 0 Å². The first kappa shape index (κ1) is 23.7. The molecule has 0 aliphatic heterocycles. The summed E-state index contributed by atoms with van der Waals surface area (Å²) in [6, 6.07) is 0. The highest BCUT2D eigenvalue weighted by Gasteiger charge is 1.95. The molecule has 0 aliphatic carbocycles. The molecule has 0 heterocycles. The lowest BCUT2D eigenvalue weighted by Gasteiger charge is -2.03. The smallest absolute Gasteiger partial charge is 0.00958 e. The number of hydrogen-bond acceptors (Lipinski definition) is 0. The summed E-state index contributed by atoms with van der Waals surface area (Å²) in [6.07, 6.45) is 32.4. The van der Waals surface area contributed by atoms with Crippen molar-refractivity contribution in [1.29, 1.82) is 0 Å². The van der Waals surface area contributed by atoms with Crippen LogP contribution in [0.25, 0.3) is 0 Å². The van der Waals surface area contributed by atoms with Crippen molar-refractivity contribution >= 4 is 0 Å². The number of rotatable bonds is 20. The number of hydrogen-bond donors (Lipinski definition) is 0. The fraction of sp³-hybridized carbons (Fsp3) is 0.875. The summed E-state index contributed by atoms with van der Waals surface area (Å²) in [6.45, 7) is 7.62. The molecule has 0 heteroatoms. The summed E-state index contributed by atoms with van der Waals surface area (Å²) in [4.78, 5) is 0. The Bertz CT molecular complexity index is 228. The minimum atomic E-state index is 1.16. The van der Waals surface area contributed by atoms with Gasteiger partial charge in [-0.1, -0.05) is 135 Å². The first-order valence-electron chi connectivity index (χ1n) is 11.3. The monoisotopic (exact) mass is 334 g/mol. The van der Waals surface area contributed by atoms with Crippen LogP contribution >= 0.6 is 0 Å². The van der Waals surface area contributed by atoms with E-state index in [1.807, 2.05) is 0 Å². The van der Waals surface area contributed by atoms with Gasteiger partial charge in [0.05, 0.1) is 0 Å². The van der Waals surface area contributed by atoms with Gasteiger partial charge in [-0.2, -0.15) is 0 Å². The fourth-order valence-corrected chi connectivity index (χ4v) is 3.44. The Morgan fingerprint density at radius 3 is 1.04 bits per heavy atom. The molecule has 0 saturated carbocycles. The predicted molar refractivity (Wildman–Crippen MR) is 111 cm³/mol. The van der Waals surface area contributed by atoms with E-state index in [1.54, 1.807) is 6.08 Å². The van der Waals surface area contributed by atoms with Crippen LogP contribution in [0.3, 0.4) is 0 Å². The Morgan fingerprint density at radius 1 is 0.458 bits per heavy atom. The van der Waals surface area contributed by atoms with Crippen LogP contribution in [-0.2, 0) is 0 Å². The van der Waals surface area contributed by atoms with Crippen LogP contribution in [0, 0.1) is 6.92 Å². The normalized spacial score (nSPS) is 11.6. The van der Waals surface area contributed by atoms with Gasteiger partial charge >= 0.3 is 0 Å². The van der Waals surface area contributed by atoms with Gasteiger partial charge in [-0.05, 0) is 19.8 Å². The zero-order chi connectivity index (χ0) is 17.6. The third-order valence-electron chi connectivity index (χ3n) is 5.11. The van der Waals surface area contributed by atoms with Crippen molar-refractivity contribution < 1.29 is 0 Å². The van der Waals surface area contributed by atoms with Gasteiger partial charge in [0.2, 0.25) is 0 Å². The molecule has 0 aliphatic rings. The van der Waals surface area contributed by atoms with Crippen LogP contribution in [0.15, 0.2) is 12.2 Å². The first-order chi connectivity index (χ1) is 11.9. The van der Waals surface area contributed by atoms with Crippen molar-refractivity contribution in [2.75, 3.05) is 0 Å². The molecular formula is C24H46. The second-order valence-corrected chi connectivity index (χ2v) is 7.58. The van der Waals surface area contributed by atoms with Crippen molar-refractivity contribution in [2.45, 2.75) is 135 Å². The quantitative estimate of drug-likeness (QED) is 0.195. The third kappa shape index (κ3) is 21.7. The van der Waals surface area contributed by atoms with Gasteiger partial charge in [-0.3, -0.25) is 0 Å². The second kappa shape index (κ2) is 22.7. The summed E-state index contributed by atoms with van der Waals surface area (Å²) in [5.41, 5.74) is 0. The molecule has 0 rings (SSSR count). The molecule has 2 radical (unpaired) electrons. The van der Waals surface area contributed by atoms with Crippen LogP contribution in [0.1, 0.15) is 135 Å². The molecule has 0 aromatic carbocycles. The minimum absolute atomic E-state index is 1.16. The van der Waals surface area contributed by atoms with E-state index in [0.29, 0.717) is 0 Å². The van der Waals surface area contributed by atoms with Crippen molar-refractivity contribution in [3.63, 3.8) is 0 Å². The maximum Gasteiger partial charge on any atom is -0.00958 e. The lowest BCUT2D eigenvalue weighted by atomic mass is 10.0. The van der Waals surface area contributed by atoms with Gasteiger partial charge in [-0.25, -0.2) is 0 Å². The minimum Gasteiger partial charge on any atom is -0.0882 e. The molecule has 24 heavy (non-hydrogen) atoms. The van der Waals surface area contributed by atoms with Gasteiger partial charge in [0.15, 0.2) is 0 Å². The van der Waals surface area contributed by atoms with E-state index < -0.39 is 0 Å². The molecule has 0 bridgehead atoms. The lowest BCUT2D eigenvalue weighted by molar-refractivity contribution is 0.523. The number of allylic oxidation sites excluding steroid dienone is 2. The molecule has 142 valence electrons. The molecule has 0 N–H and O–H groups in total. The van der Waals surface area contributed by atoms with Crippen LogP contribution in [0.2, 0.25) is 0 Å². The maximum atomic E-state index is 5.33. The van der Waals surface area contributed by atoms with E-state index >= 15 is 0 Å². The summed E-state index contributed by atoms with van der Waals surface area (Å²) in [7, 11) is 0. The van der Waals surface area contributed by atoms with Crippen LogP contribution in [0.4, 0.5) is 0 Å². The Kier molecular flexibility index (Phi) is 22.5. The summed E-state index contributed by atoms with van der Waals surface area (Å²) >= 11 is 0. The number of unbranched alkanes of at least 4 members (excludes halogenated alkanes) is 19. The first-order valence-corrected chi connectivity index (χ1v) is 11.3. The third-order valence-corrected chi connectivity index (χ3v) is 5.11. The van der Waals surface area contributed by atoms with E-state index in [0.717, 1.165) is 6.42 Å². The topological polar surface area (TPSA) is 0 Å². The highest BCUT2D eigenvalue weighted by Crippen LogP contribution is 2.14. The average molecular weight is 335 g/mol. The predicted octanol–water partition coefficient (Wildman–Crippen LogP) is 9.08. The van der Waals surface area contributed by atoms with Gasteiger partial charge in [0.1, 0.15) is 0 Å². The van der Waals surface area contributed by atoms with Crippen LogP contribution < -0.4 is 0 Å². The Balaban J connectivity index is 2.95.